The molecule has 35 heavy (non-hydrogen) atoms. The molecule has 1 aliphatic heterocycles. The van der Waals surface area contributed by atoms with E-state index in [1.54, 1.807) is 42.5 Å². The van der Waals surface area contributed by atoms with Gasteiger partial charge < -0.3 is 9.47 Å². The van der Waals surface area contributed by atoms with Gasteiger partial charge in [0, 0.05) is 4.47 Å². The van der Waals surface area contributed by atoms with Gasteiger partial charge in [-0.25, -0.2) is 9.69 Å². The van der Waals surface area contributed by atoms with Gasteiger partial charge in [-0.05, 0) is 67.4 Å². The molecule has 4 rings (SSSR count). The van der Waals surface area contributed by atoms with Crippen molar-refractivity contribution < 1.29 is 23.9 Å². The summed E-state index contributed by atoms with van der Waals surface area (Å²) in [7, 11) is 0. The third-order valence-electron chi connectivity index (χ3n) is 5.28. The van der Waals surface area contributed by atoms with Crippen molar-refractivity contribution >= 4 is 45.5 Å². The molecular formula is C27H23BrN2O5. The van der Waals surface area contributed by atoms with Gasteiger partial charge in [-0.1, -0.05) is 51.8 Å². The van der Waals surface area contributed by atoms with Gasteiger partial charge in [-0.15, -0.1) is 0 Å². The molecule has 0 aliphatic carbocycles. The van der Waals surface area contributed by atoms with Crippen LogP contribution in [-0.4, -0.2) is 24.5 Å². The summed E-state index contributed by atoms with van der Waals surface area (Å²) in [5.41, 5.74) is 2.93. The van der Waals surface area contributed by atoms with E-state index in [-0.39, 0.29) is 5.57 Å². The first-order valence-corrected chi connectivity index (χ1v) is 11.8. The zero-order valence-corrected chi connectivity index (χ0v) is 20.8. The van der Waals surface area contributed by atoms with Crippen LogP contribution in [0.25, 0.3) is 6.08 Å². The summed E-state index contributed by atoms with van der Waals surface area (Å²) in [6.07, 6.45) is 1.43. The van der Waals surface area contributed by atoms with E-state index in [9.17, 15) is 14.4 Å². The molecule has 1 aliphatic rings. The number of halogens is 1. The van der Waals surface area contributed by atoms with Gasteiger partial charge >= 0.3 is 6.03 Å². The summed E-state index contributed by atoms with van der Waals surface area (Å²) in [5.74, 6) is -0.441. The molecule has 3 aromatic carbocycles. The Hall–Kier alpha value is -3.91. The summed E-state index contributed by atoms with van der Waals surface area (Å²) in [4.78, 5) is 38.9. The average Bonchev–Trinajstić information content (AvgIpc) is 2.83. The Kier molecular flexibility index (Phi) is 7.31. The van der Waals surface area contributed by atoms with E-state index in [0.717, 1.165) is 14.9 Å². The molecule has 1 saturated heterocycles. The molecular weight excluding hydrogens is 512 g/mol. The third kappa shape index (κ3) is 5.60. The minimum Gasteiger partial charge on any atom is -0.490 e. The number of urea groups is 1. The lowest BCUT2D eigenvalue weighted by Gasteiger charge is -2.26. The third-order valence-corrected chi connectivity index (χ3v) is 5.81. The summed E-state index contributed by atoms with van der Waals surface area (Å²) in [6, 6.07) is 19.0. The number of barbiturate groups is 1. The fourth-order valence-electron chi connectivity index (χ4n) is 3.50. The minimum atomic E-state index is -0.797. The van der Waals surface area contributed by atoms with Crippen molar-refractivity contribution in [1.29, 1.82) is 0 Å². The first kappa shape index (κ1) is 24.2. The number of benzene rings is 3. The highest BCUT2D eigenvalue weighted by atomic mass is 79.9. The second-order valence-corrected chi connectivity index (χ2v) is 8.76. The van der Waals surface area contributed by atoms with Crippen LogP contribution in [0.3, 0.4) is 0 Å². The van der Waals surface area contributed by atoms with Crippen molar-refractivity contribution in [2.75, 3.05) is 11.5 Å². The van der Waals surface area contributed by atoms with Crippen LogP contribution in [0.2, 0.25) is 0 Å². The van der Waals surface area contributed by atoms with Gasteiger partial charge in [0.05, 0.1) is 12.3 Å². The highest BCUT2D eigenvalue weighted by Crippen LogP contribution is 2.31. The molecule has 0 spiro atoms. The molecule has 0 unspecified atom stereocenters. The fraction of sp³-hybridized carbons (Fsp3) is 0.148. The lowest BCUT2D eigenvalue weighted by Crippen LogP contribution is -2.54. The van der Waals surface area contributed by atoms with E-state index in [2.05, 4.69) is 21.2 Å². The number of rotatable bonds is 7. The van der Waals surface area contributed by atoms with Crippen molar-refractivity contribution in [1.82, 2.24) is 5.32 Å². The number of amides is 4. The largest absolute Gasteiger partial charge is 0.490 e. The van der Waals surface area contributed by atoms with Crippen LogP contribution in [0.5, 0.6) is 11.5 Å². The maximum atomic E-state index is 13.1. The molecule has 7 nitrogen and oxygen atoms in total. The van der Waals surface area contributed by atoms with Crippen LogP contribution in [0, 0.1) is 6.92 Å². The SMILES string of the molecule is CCOc1cc(/C=C2/C(=O)NC(=O)N(c3ccc(Br)cc3)C2=O)ccc1OCc1ccc(C)cc1. The van der Waals surface area contributed by atoms with Gasteiger partial charge in [0.1, 0.15) is 12.2 Å². The van der Waals surface area contributed by atoms with E-state index < -0.39 is 17.8 Å². The Balaban J connectivity index is 1.60. The molecule has 8 heteroatoms. The minimum absolute atomic E-state index is 0.164. The molecule has 1 fully saturated rings. The lowest BCUT2D eigenvalue weighted by atomic mass is 10.1. The van der Waals surface area contributed by atoms with Gasteiger partial charge in [0.2, 0.25) is 0 Å². The van der Waals surface area contributed by atoms with Crippen LogP contribution in [-0.2, 0) is 16.2 Å². The molecule has 1 heterocycles. The Morgan fingerprint density at radius 3 is 2.31 bits per heavy atom. The highest BCUT2D eigenvalue weighted by Gasteiger charge is 2.36. The van der Waals surface area contributed by atoms with Crippen molar-refractivity contribution in [3.63, 3.8) is 0 Å². The number of carbonyl (C=O) groups excluding carboxylic acids is 3. The van der Waals surface area contributed by atoms with E-state index in [4.69, 9.17) is 9.47 Å². The van der Waals surface area contributed by atoms with E-state index in [1.165, 1.54) is 11.6 Å². The van der Waals surface area contributed by atoms with E-state index >= 15 is 0 Å². The molecule has 0 bridgehead atoms. The van der Waals surface area contributed by atoms with Crippen molar-refractivity contribution in [3.8, 4) is 11.5 Å². The number of ether oxygens (including phenoxy) is 2. The monoisotopic (exact) mass is 534 g/mol. The van der Waals surface area contributed by atoms with Crippen molar-refractivity contribution in [2.45, 2.75) is 20.5 Å². The molecule has 0 radical (unpaired) electrons. The van der Waals surface area contributed by atoms with Crippen LogP contribution >= 0.6 is 15.9 Å². The zero-order chi connectivity index (χ0) is 24.9. The maximum Gasteiger partial charge on any atom is 0.335 e. The molecule has 0 saturated carbocycles. The van der Waals surface area contributed by atoms with Gasteiger partial charge in [-0.2, -0.15) is 0 Å². The van der Waals surface area contributed by atoms with Crippen LogP contribution in [0.1, 0.15) is 23.6 Å². The molecule has 0 aromatic heterocycles. The summed E-state index contributed by atoms with van der Waals surface area (Å²) in [5, 5.41) is 2.23. The Morgan fingerprint density at radius 2 is 1.63 bits per heavy atom. The van der Waals surface area contributed by atoms with E-state index in [0.29, 0.717) is 36.0 Å². The smallest absolute Gasteiger partial charge is 0.335 e. The highest BCUT2D eigenvalue weighted by molar-refractivity contribution is 9.10. The Morgan fingerprint density at radius 1 is 0.914 bits per heavy atom. The summed E-state index contributed by atoms with van der Waals surface area (Å²) >= 11 is 3.33. The predicted molar refractivity (Wildman–Crippen MR) is 136 cm³/mol. The number of anilines is 1. The Bertz CT molecular complexity index is 1300. The van der Waals surface area contributed by atoms with Gasteiger partial charge in [-0.3, -0.25) is 14.9 Å². The van der Waals surface area contributed by atoms with Gasteiger partial charge in [0.15, 0.2) is 11.5 Å². The maximum absolute atomic E-state index is 13.1. The quantitative estimate of drug-likeness (QED) is 0.324. The number of imide groups is 2. The topological polar surface area (TPSA) is 84.9 Å². The van der Waals surface area contributed by atoms with Gasteiger partial charge in [0.25, 0.3) is 11.8 Å². The molecule has 3 aromatic rings. The second-order valence-electron chi connectivity index (χ2n) is 7.85. The first-order valence-electron chi connectivity index (χ1n) is 11.0. The van der Waals surface area contributed by atoms with E-state index in [1.807, 2.05) is 38.1 Å². The Labute approximate surface area is 211 Å². The van der Waals surface area contributed by atoms with Crippen molar-refractivity contribution in [3.05, 3.63) is 93.5 Å². The summed E-state index contributed by atoms with van der Waals surface area (Å²) < 4.78 is 12.5. The number of carbonyl (C=O) groups is 3. The molecule has 0 atom stereocenters. The number of nitrogens with one attached hydrogen (secondary N) is 1. The van der Waals surface area contributed by atoms with Crippen LogP contribution in [0.4, 0.5) is 10.5 Å². The summed E-state index contributed by atoms with van der Waals surface area (Å²) in [6.45, 7) is 4.66. The number of aryl methyl sites for hydroxylation is 1. The molecule has 178 valence electrons. The molecule has 4 amide bonds. The zero-order valence-electron chi connectivity index (χ0n) is 19.2. The van der Waals surface area contributed by atoms with Crippen LogP contribution < -0.4 is 19.7 Å². The number of hydrogen-bond acceptors (Lipinski definition) is 5. The first-order chi connectivity index (χ1) is 16.9. The van der Waals surface area contributed by atoms with Crippen molar-refractivity contribution in [2.24, 2.45) is 0 Å². The standard InChI is InChI=1S/C27H23BrN2O5/c1-3-34-24-15-19(8-13-23(24)35-16-18-6-4-17(2)5-7-18)14-22-25(31)29-27(33)30(26(22)32)21-11-9-20(28)10-12-21/h4-15H,3,16H2,1-2H3,(H,29,31,33)/b22-14-. The van der Waals surface area contributed by atoms with Crippen LogP contribution in [0.15, 0.2) is 76.8 Å². The normalized spacial score (nSPS) is 14.8. The lowest BCUT2D eigenvalue weighted by molar-refractivity contribution is -0.122. The fourth-order valence-corrected chi connectivity index (χ4v) is 3.76. The number of hydrogen-bond donors (Lipinski definition) is 1. The number of nitrogens with zero attached hydrogens (tertiary/aromatic N) is 1. The molecule has 1 N–H and O–H groups in total. The second kappa shape index (κ2) is 10.6. The predicted octanol–water partition coefficient (Wildman–Crippen LogP) is 5.40. The average molecular weight is 535 g/mol.